The summed E-state index contributed by atoms with van der Waals surface area (Å²) in [6, 6.07) is 0. The number of hydrogen-bond acceptors (Lipinski definition) is 4. The van der Waals surface area contributed by atoms with Gasteiger partial charge < -0.3 is 10.1 Å². The van der Waals surface area contributed by atoms with Crippen LogP contribution in [0.1, 0.15) is 54.4 Å². The van der Waals surface area contributed by atoms with E-state index in [0.717, 1.165) is 24.8 Å². The quantitative estimate of drug-likeness (QED) is 0.647. The Morgan fingerprint density at radius 2 is 2.09 bits per heavy atom. The lowest BCUT2D eigenvalue weighted by atomic mass is 9.72. The fourth-order valence-corrected chi connectivity index (χ4v) is 4.51. The third kappa shape index (κ3) is 4.07. The summed E-state index contributed by atoms with van der Waals surface area (Å²) >= 11 is 7.12. The van der Waals surface area contributed by atoms with Gasteiger partial charge in [0, 0.05) is 17.2 Å². The molecule has 128 valence electrons. The van der Waals surface area contributed by atoms with E-state index in [2.05, 4.69) is 26.1 Å². The van der Waals surface area contributed by atoms with E-state index in [0.29, 0.717) is 16.5 Å². The van der Waals surface area contributed by atoms with Gasteiger partial charge >= 0.3 is 5.97 Å². The Morgan fingerprint density at radius 3 is 2.65 bits per heavy atom. The van der Waals surface area contributed by atoms with Crippen LogP contribution in [0.3, 0.4) is 0 Å². The Kier molecular flexibility index (Phi) is 5.74. The maximum Gasteiger partial charge on any atom is 0.341 e. The molecule has 0 saturated heterocycles. The Bertz CT molecular complexity index is 604. The smallest absolute Gasteiger partial charge is 0.341 e. The molecular formula is C17H24ClNO3S. The van der Waals surface area contributed by atoms with Gasteiger partial charge in [0.15, 0.2) is 0 Å². The number of rotatable bonds is 4. The molecule has 1 aliphatic carbocycles. The average Bonchev–Trinajstić information content (AvgIpc) is 2.82. The molecule has 1 unspecified atom stereocenters. The molecule has 0 bridgehead atoms. The summed E-state index contributed by atoms with van der Waals surface area (Å²) in [5.74, 6) is 0.288. The summed E-state index contributed by atoms with van der Waals surface area (Å²) in [6.45, 7) is 6.75. The van der Waals surface area contributed by atoms with Crippen molar-refractivity contribution in [3.05, 3.63) is 16.0 Å². The van der Waals surface area contributed by atoms with Crippen molar-refractivity contribution in [2.24, 2.45) is 11.3 Å². The van der Waals surface area contributed by atoms with E-state index in [4.69, 9.17) is 16.3 Å². The van der Waals surface area contributed by atoms with Crippen LogP contribution in [0, 0.1) is 11.3 Å². The van der Waals surface area contributed by atoms with Crippen LogP contribution in [-0.2, 0) is 22.4 Å². The SMILES string of the molecule is COC(=O)c1c(NC(=O)CCCl)sc2c1CCC(C(C)(C)C)C2. The number of carbonyl (C=O) groups is 2. The molecule has 2 rings (SSSR count). The summed E-state index contributed by atoms with van der Waals surface area (Å²) in [5.41, 5.74) is 1.81. The van der Waals surface area contributed by atoms with Crippen LogP contribution >= 0.6 is 22.9 Å². The summed E-state index contributed by atoms with van der Waals surface area (Å²) in [6.07, 6.45) is 3.07. The van der Waals surface area contributed by atoms with Gasteiger partial charge in [0.05, 0.1) is 12.7 Å². The Morgan fingerprint density at radius 1 is 1.39 bits per heavy atom. The van der Waals surface area contributed by atoms with Gasteiger partial charge in [-0.3, -0.25) is 4.79 Å². The van der Waals surface area contributed by atoms with E-state index in [1.807, 2.05) is 0 Å². The molecule has 0 fully saturated rings. The van der Waals surface area contributed by atoms with Crippen LogP contribution < -0.4 is 5.32 Å². The zero-order valence-electron chi connectivity index (χ0n) is 14.1. The summed E-state index contributed by atoms with van der Waals surface area (Å²) in [7, 11) is 1.37. The second kappa shape index (κ2) is 7.22. The number of halogens is 1. The van der Waals surface area contributed by atoms with E-state index >= 15 is 0 Å². The van der Waals surface area contributed by atoms with E-state index in [1.165, 1.54) is 23.3 Å². The monoisotopic (exact) mass is 357 g/mol. The lowest BCUT2D eigenvalue weighted by Crippen LogP contribution is -2.26. The van der Waals surface area contributed by atoms with Crippen molar-refractivity contribution in [1.82, 2.24) is 0 Å². The van der Waals surface area contributed by atoms with Gasteiger partial charge in [-0.25, -0.2) is 4.79 Å². The first-order valence-electron chi connectivity index (χ1n) is 7.86. The lowest BCUT2D eigenvalue weighted by Gasteiger charge is -2.33. The molecule has 1 aromatic heterocycles. The minimum atomic E-state index is -0.377. The molecule has 6 heteroatoms. The predicted octanol–water partition coefficient (Wildman–Crippen LogP) is 4.25. The number of anilines is 1. The van der Waals surface area contributed by atoms with E-state index < -0.39 is 0 Å². The van der Waals surface area contributed by atoms with Crippen molar-refractivity contribution in [2.45, 2.75) is 46.5 Å². The van der Waals surface area contributed by atoms with Crippen LogP contribution in [0.5, 0.6) is 0 Å². The summed E-state index contributed by atoms with van der Waals surface area (Å²) in [4.78, 5) is 25.3. The van der Waals surface area contributed by atoms with Gasteiger partial charge in [0.25, 0.3) is 0 Å². The number of thiophene rings is 1. The van der Waals surface area contributed by atoms with Crippen molar-refractivity contribution in [3.63, 3.8) is 0 Å². The molecule has 0 aliphatic heterocycles. The van der Waals surface area contributed by atoms with E-state index in [9.17, 15) is 9.59 Å². The van der Waals surface area contributed by atoms with Crippen LogP contribution in [0.15, 0.2) is 0 Å². The van der Waals surface area contributed by atoms with Crippen LogP contribution in [0.25, 0.3) is 0 Å². The number of ether oxygens (including phenoxy) is 1. The predicted molar refractivity (Wildman–Crippen MR) is 94.6 cm³/mol. The minimum Gasteiger partial charge on any atom is -0.465 e. The third-order valence-corrected chi connectivity index (χ3v) is 5.81. The first kappa shape index (κ1) is 18.3. The highest BCUT2D eigenvalue weighted by Gasteiger charge is 2.34. The number of esters is 1. The fourth-order valence-electron chi connectivity index (χ4n) is 3.01. The van der Waals surface area contributed by atoms with Gasteiger partial charge in [0.2, 0.25) is 5.91 Å². The molecule has 1 N–H and O–H groups in total. The van der Waals surface area contributed by atoms with Gasteiger partial charge in [-0.2, -0.15) is 0 Å². The zero-order chi connectivity index (χ0) is 17.2. The average molecular weight is 358 g/mol. The maximum absolute atomic E-state index is 12.2. The van der Waals surface area contributed by atoms with Gasteiger partial charge in [-0.15, -0.1) is 22.9 Å². The highest BCUT2D eigenvalue weighted by atomic mass is 35.5. The first-order chi connectivity index (χ1) is 10.8. The molecule has 0 saturated carbocycles. The number of carbonyl (C=O) groups excluding carboxylic acids is 2. The molecule has 0 spiro atoms. The number of methoxy groups -OCH3 is 1. The minimum absolute atomic E-state index is 0.170. The molecule has 1 atom stereocenters. The van der Waals surface area contributed by atoms with Crippen molar-refractivity contribution < 1.29 is 14.3 Å². The number of fused-ring (bicyclic) bond motifs is 1. The second-order valence-electron chi connectivity index (χ2n) is 6.99. The van der Waals surface area contributed by atoms with E-state index in [-0.39, 0.29) is 29.6 Å². The van der Waals surface area contributed by atoms with E-state index in [1.54, 1.807) is 0 Å². The normalized spacial score (nSPS) is 17.5. The molecule has 1 amide bonds. The van der Waals surface area contributed by atoms with Crippen LogP contribution in [0.2, 0.25) is 0 Å². The standard InChI is InChI=1S/C17H24ClNO3S/c1-17(2,3)10-5-6-11-12(9-10)23-15(14(11)16(21)22-4)19-13(20)7-8-18/h10H,5-9H2,1-4H3,(H,19,20). The molecular weight excluding hydrogens is 334 g/mol. The molecule has 0 radical (unpaired) electrons. The van der Waals surface area contributed by atoms with Crippen LogP contribution in [0.4, 0.5) is 5.00 Å². The highest BCUT2D eigenvalue weighted by Crippen LogP contribution is 2.44. The van der Waals surface area contributed by atoms with Gasteiger partial charge in [-0.1, -0.05) is 20.8 Å². The Labute approximate surface area is 146 Å². The number of nitrogens with one attached hydrogen (secondary N) is 1. The number of hydrogen-bond donors (Lipinski definition) is 1. The third-order valence-electron chi connectivity index (χ3n) is 4.45. The topological polar surface area (TPSA) is 55.4 Å². The maximum atomic E-state index is 12.2. The van der Waals surface area contributed by atoms with Crippen molar-refractivity contribution in [2.75, 3.05) is 18.3 Å². The van der Waals surface area contributed by atoms with Gasteiger partial charge in [-0.05, 0) is 36.2 Å². The molecule has 0 aromatic carbocycles. The number of amides is 1. The largest absolute Gasteiger partial charge is 0.465 e. The highest BCUT2D eigenvalue weighted by molar-refractivity contribution is 7.17. The first-order valence-corrected chi connectivity index (χ1v) is 9.21. The molecule has 23 heavy (non-hydrogen) atoms. The number of alkyl halides is 1. The Balaban J connectivity index is 2.35. The second-order valence-corrected chi connectivity index (χ2v) is 8.48. The summed E-state index contributed by atoms with van der Waals surface area (Å²) in [5, 5.41) is 3.44. The van der Waals surface area contributed by atoms with Crippen molar-refractivity contribution in [3.8, 4) is 0 Å². The van der Waals surface area contributed by atoms with Crippen molar-refractivity contribution in [1.29, 1.82) is 0 Å². The zero-order valence-corrected chi connectivity index (χ0v) is 15.7. The van der Waals surface area contributed by atoms with Crippen molar-refractivity contribution >= 4 is 39.8 Å². The van der Waals surface area contributed by atoms with Gasteiger partial charge in [0.1, 0.15) is 5.00 Å². The van der Waals surface area contributed by atoms with Crippen LogP contribution in [-0.4, -0.2) is 24.9 Å². The fraction of sp³-hybridized carbons (Fsp3) is 0.647. The molecule has 1 heterocycles. The molecule has 4 nitrogen and oxygen atoms in total. The Hall–Kier alpha value is -1.07. The molecule has 1 aliphatic rings. The lowest BCUT2D eigenvalue weighted by molar-refractivity contribution is -0.115. The molecule has 1 aromatic rings. The summed E-state index contributed by atoms with van der Waals surface area (Å²) < 4.78 is 4.93.